The van der Waals surface area contributed by atoms with Gasteiger partial charge in [-0.05, 0) is 24.6 Å². The van der Waals surface area contributed by atoms with Crippen LogP contribution < -0.4 is 0 Å². The summed E-state index contributed by atoms with van der Waals surface area (Å²) in [6, 6.07) is 15.7. The Morgan fingerprint density at radius 1 is 0.913 bits per heavy atom. The third-order valence-electron chi connectivity index (χ3n) is 4.43. The Balaban J connectivity index is 1.83. The molecule has 0 aromatic heterocycles. The number of carbonyl (C=O) groups excluding carboxylic acids is 1. The molecule has 0 aliphatic carbocycles. The van der Waals surface area contributed by atoms with Gasteiger partial charge in [0.25, 0.3) is 5.91 Å². The minimum Gasteiger partial charge on any atom is -0.318 e. The van der Waals surface area contributed by atoms with E-state index < -0.39 is 16.2 Å². The smallest absolute Gasteiger partial charge is 0.255 e. The predicted molar refractivity (Wildman–Crippen MR) is 85.2 cm³/mol. The van der Waals surface area contributed by atoms with Crippen LogP contribution in [0.25, 0.3) is 0 Å². The van der Waals surface area contributed by atoms with Gasteiger partial charge in [0.1, 0.15) is 6.17 Å². The highest BCUT2D eigenvalue weighted by Gasteiger charge is 2.46. The summed E-state index contributed by atoms with van der Waals surface area (Å²) in [7, 11) is -3.64. The van der Waals surface area contributed by atoms with Gasteiger partial charge in [0, 0.05) is 24.2 Å². The molecule has 0 bridgehead atoms. The zero-order valence-corrected chi connectivity index (χ0v) is 13.2. The molecule has 1 atom stereocenters. The summed E-state index contributed by atoms with van der Waals surface area (Å²) in [5.41, 5.74) is 1.38. The second-order valence-electron chi connectivity index (χ2n) is 5.74. The molecule has 0 radical (unpaired) electrons. The minimum absolute atomic E-state index is 0.0847. The summed E-state index contributed by atoms with van der Waals surface area (Å²) in [5, 5.41) is 0. The van der Waals surface area contributed by atoms with Crippen molar-refractivity contribution in [2.45, 2.75) is 17.5 Å². The van der Waals surface area contributed by atoms with E-state index in [2.05, 4.69) is 0 Å². The monoisotopic (exact) mass is 328 g/mol. The average Bonchev–Trinajstić information content (AvgIpc) is 2.89. The van der Waals surface area contributed by atoms with Crippen molar-refractivity contribution >= 4 is 15.9 Å². The number of hydrogen-bond acceptors (Lipinski definition) is 3. The zero-order valence-electron chi connectivity index (χ0n) is 12.4. The summed E-state index contributed by atoms with van der Waals surface area (Å²) in [6.07, 6.45) is 0.111. The lowest BCUT2D eigenvalue weighted by Gasteiger charge is -2.39. The fourth-order valence-electron chi connectivity index (χ4n) is 3.38. The van der Waals surface area contributed by atoms with Crippen LogP contribution in [0.5, 0.6) is 0 Å². The largest absolute Gasteiger partial charge is 0.318 e. The minimum atomic E-state index is -3.64. The molecule has 2 aliphatic rings. The van der Waals surface area contributed by atoms with Crippen molar-refractivity contribution in [3.05, 3.63) is 65.7 Å². The summed E-state index contributed by atoms with van der Waals surface area (Å²) >= 11 is 0. The molecule has 1 fully saturated rings. The van der Waals surface area contributed by atoms with Gasteiger partial charge in [0.05, 0.1) is 4.90 Å². The van der Waals surface area contributed by atoms with E-state index in [4.69, 9.17) is 0 Å². The number of carbonyl (C=O) groups is 1. The van der Waals surface area contributed by atoms with E-state index in [1.54, 1.807) is 41.3 Å². The Hall–Kier alpha value is -2.18. The zero-order chi connectivity index (χ0) is 16.0. The Morgan fingerprint density at radius 2 is 1.61 bits per heavy atom. The van der Waals surface area contributed by atoms with Crippen molar-refractivity contribution < 1.29 is 13.2 Å². The van der Waals surface area contributed by atoms with Gasteiger partial charge in [-0.15, -0.1) is 0 Å². The molecule has 1 amide bonds. The van der Waals surface area contributed by atoms with Gasteiger partial charge in [-0.2, -0.15) is 4.31 Å². The summed E-state index contributed by atoms with van der Waals surface area (Å²) < 4.78 is 27.5. The second-order valence-corrected chi connectivity index (χ2v) is 7.63. The van der Waals surface area contributed by atoms with Crippen molar-refractivity contribution in [3.8, 4) is 0 Å². The van der Waals surface area contributed by atoms with E-state index in [1.165, 1.54) is 4.31 Å². The van der Waals surface area contributed by atoms with Crippen LogP contribution in [0.1, 0.15) is 28.5 Å². The van der Waals surface area contributed by atoms with Crippen LogP contribution in [0.4, 0.5) is 0 Å². The third kappa shape index (κ3) is 2.09. The lowest BCUT2D eigenvalue weighted by molar-refractivity contribution is 0.0470. The molecule has 2 aliphatic heterocycles. The first-order valence-corrected chi connectivity index (χ1v) is 9.01. The van der Waals surface area contributed by atoms with Gasteiger partial charge in [-0.3, -0.25) is 4.79 Å². The van der Waals surface area contributed by atoms with Crippen LogP contribution >= 0.6 is 0 Å². The molecule has 1 unspecified atom stereocenters. The Labute approximate surface area is 135 Å². The van der Waals surface area contributed by atoms with Crippen LogP contribution in [-0.4, -0.2) is 36.6 Å². The van der Waals surface area contributed by atoms with E-state index in [0.717, 1.165) is 5.56 Å². The van der Waals surface area contributed by atoms with Crippen molar-refractivity contribution in [1.29, 1.82) is 0 Å². The number of hydrogen-bond donors (Lipinski definition) is 0. The lowest BCUT2D eigenvalue weighted by Crippen LogP contribution is -2.48. The number of sulfonamides is 1. The van der Waals surface area contributed by atoms with Crippen molar-refractivity contribution in [2.75, 3.05) is 13.1 Å². The SMILES string of the molecule is O=C1c2ccccc2C2N1CCCN2S(=O)(=O)c1ccccc1. The standard InChI is InChI=1S/C17H16N2O3S/c20-17-15-10-5-4-9-14(15)16-18(17)11-6-12-19(16)23(21,22)13-7-2-1-3-8-13/h1-5,7-10,16H,6,11-12H2. The fourth-order valence-corrected chi connectivity index (χ4v) is 5.02. The molecule has 0 saturated carbocycles. The Bertz CT molecular complexity index is 864. The number of rotatable bonds is 2. The van der Waals surface area contributed by atoms with Gasteiger partial charge >= 0.3 is 0 Å². The van der Waals surface area contributed by atoms with Crippen molar-refractivity contribution in [1.82, 2.24) is 9.21 Å². The number of amides is 1. The molecule has 5 nitrogen and oxygen atoms in total. The van der Waals surface area contributed by atoms with Crippen molar-refractivity contribution in [3.63, 3.8) is 0 Å². The summed E-state index contributed by atoms with van der Waals surface area (Å²) in [5.74, 6) is -0.0847. The third-order valence-corrected chi connectivity index (χ3v) is 6.29. The van der Waals surface area contributed by atoms with Gasteiger partial charge in [0.15, 0.2) is 0 Å². The van der Waals surface area contributed by atoms with Crippen LogP contribution in [0.2, 0.25) is 0 Å². The molecule has 0 spiro atoms. The van der Waals surface area contributed by atoms with E-state index in [1.807, 2.05) is 18.2 Å². The fraction of sp³-hybridized carbons (Fsp3) is 0.235. The van der Waals surface area contributed by atoms with Crippen molar-refractivity contribution in [2.24, 2.45) is 0 Å². The molecule has 23 heavy (non-hydrogen) atoms. The maximum atomic E-state index is 13.0. The Morgan fingerprint density at radius 3 is 2.39 bits per heavy atom. The van der Waals surface area contributed by atoms with Crippen LogP contribution in [0.15, 0.2) is 59.5 Å². The van der Waals surface area contributed by atoms with Gasteiger partial charge in [0.2, 0.25) is 10.0 Å². The van der Waals surface area contributed by atoms with Crippen LogP contribution in [0, 0.1) is 0 Å². The Kier molecular flexibility index (Phi) is 3.25. The van der Waals surface area contributed by atoms with Crippen LogP contribution in [0.3, 0.4) is 0 Å². The quantitative estimate of drug-likeness (QED) is 0.849. The average molecular weight is 328 g/mol. The van der Waals surface area contributed by atoms with E-state index in [0.29, 0.717) is 25.1 Å². The topological polar surface area (TPSA) is 57.7 Å². The molecular formula is C17H16N2O3S. The highest BCUT2D eigenvalue weighted by Crippen LogP contribution is 2.41. The first-order chi connectivity index (χ1) is 11.1. The number of nitrogens with zero attached hydrogens (tertiary/aromatic N) is 2. The normalized spacial score (nSPS) is 21.1. The second kappa shape index (κ2) is 5.18. The highest BCUT2D eigenvalue weighted by molar-refractivity contribution is 7.89. The van der Waals surface area contributed by atoms with Crippen LogP contribution in [-0.2, 0) is 10.0 Å². The first kappa shape index (κ1) is 14.4. The molecular weight excluding hydrogens is 312 g/mol. The maximum absolute atomic E-state index is 13.0. The van der Waals surface area contributed by atoms with Gasteiger partial charge in [-0.1, -0.05) is 36.4 Å². The molecule has 2 heterocycles. The molecule has 2 aromatic carbocycles. The van der Waals surface area contributed by atoms with Gasteiger partial charge < -0.3 is 4.90 Å². The first-order valence-electron chi connectivity index (χ1n) is 7.57. The summed E-state index contributed by atoms with van der Waals surface area (Å²) in [4.78, 5) is 14.5. The van der Waals surface area contributed by atoms with E-state index in [9.17, 15) is 13.2 Å². The summed E-state index contributed by atoms with van der Waals surface area (Å²) in [6.45, 7) is 0.999. The molecule has 6 heteroatoms. The number of fused-ring (bicyclic) bond motifs is 3. The maximum Gasteiger partial charge on any atom is 0.255 e. The van der Waals surface area contributed by atoms with E-state index >= 15 is 0 Å². The molecule has 4 rings (SSSR count). The van der Waals surface area contributed by atoms with Gasteiger partial charge in [-0.25, -0.2) is 8.42 Å². The highest BCUT2D eigenvalue weighted by atomic mass is 32.2. The molecule has 1 saturated heterocycles. The predicted octanol–water partition coefficient (Wildman–Crippen LogP) is 2.24. The van der Waals surface area contributed by atoms with E-state index in [-0.39, 0.29) is 10.8 Å². The molecule has 118 valence electrons. The number of benzene rings is 2. The lowest BCUT2D eigenvalue weighted by atomic mass is 10.1. The molecule has 2 aromatic rings. The molecule has 0 N–H and O–H groups in total.